The third kappa shape index (κ3) is 6.11. The summed E-state index contributed by atoms with van der Waals surface area (Å²) in [5.74, 6) is 2.53. The van der Waals surface area contributed by atoms with Gasteiger partial charge in [-0.15, -0.1) is 0 Å². The Kier molecular flexibility index (Phi) is 7.93. The first kappa shape index (κ1) is 21.9. The van der Waals surface area contributed by atoms with E-state index in [0.717, 1.165) is 55.7 Å². The number of hydrogen-bond acceptors (Lipinski definition) is 4. The SMILES string of the molecule is COc1ccc(NC(=O)[C@H](C)[NH+]2CC[NH+](CCOc3ccc(OC)cc3)CC2)cc1. The van der Waals surface area contributed by atoms with Gasteiger partial charge in [0, 0.05) is 5.69 Å². The number of ether oxygens (including phenoxy) is 3. The summed E-state index contributed by atoms with van der Waals surface area (Å²) in [4.78, 5) is 15.5. The van der Waals surface area contributed by atoms with Gasteiger partial charge in [0.05, 0.1) is 14.2 Å². The molecule has 1 fully saturated rings. The molecule has 7 nitrogen and oxygen atoms in total. The van der Waals surface area contributed by atoms with Crippen LogP contribution in [0, 0.1) is 0 Å². The summed E-state index contributed by atoms with van der Waals surface area (Å²) in [5.41, 5.74) is 0.798. The number of amides is 1. The minimum Gasteiger partial charge on any atom is -0.497 e. The number of benzene rings is 2. The third-order valence-corrected chi connectivity index (χ3v) is 5.75. The highest BCUT2D eigenvalue weighted by atomic mass is 16.5. The van der Waals surface area contributed by atoms with E-state index in [4.69, 9.17) is 14.2 Å². The average Bonchev–Trinajstić information content (AvgIpc) is 2.80. The first-order chi connectivity index (χ1) is 14.6. The van der Waals surface area contributed by atoms with E-state index >= 15 is 0 Å². The van der Waals surface area contributed by atoms with Gasteiger partial charge in [-0.3, -0.25) is 4.79 Å². The minimum absolute atomic E-state index is 0.0569. The van der Waals surface area contributed by atoms with E-state index in [-0.39, 0.29) is 11.9 Å². The fourth-order valence-corrected chi connectivity index (χ4v) is 3.70. The summed E-state index contributed by atoms with van der Waals surface area (Å²) < 4.78 is 16.2. The molecule has 2 aromatic carbocycles. The molecular formula is C23H33N3O4+2. The molecule has 0 bridgehead atoms. The predicted molar refractivity (Wildman–Crippen MR) is 116 cm³/mol. The molecule has 1 heterocycles. The van der Waals surface area contributed by atoms with Crippen LogP contribution in [0.4, 0.5) is 5.69 Å². The number of piperazine rings is 1. The smallest absolute Gasteiger partial charge is 0.282 e. The van der Waals surface area contributed by atoms with Crippen LogP contribution in [0.5, 0.6) is 17.2 Å². The average molecular weight is 416 g/mol. The van der Waals surface area contributed by atoms with Gasteiger partial charge in [-0.2, -0.15) is 0 Å². The molecular weight excluding hydrogens is 382 g/mol. The molecule has 30 heavy (non-hydrogen) atoms. The Morgan fingerprint density at radius 2 is 1.43 bits per heavy atom. The van der Waals surface area contributed by atoms with Gasteiger partial charge in [0.2, 0.25) is 0 Å². The number of methoxy groups -OCH3 is 2. The molecule has 0 radical (unpaired) electrons. The van der Waals surface area contributed by atoms with E-state index < -0.39 is 0 Å². The van der Waals surface area contributed by atoms with Gasteiger partial charge in [0.15, 0.2) is 6.04 Å². The highest BCUT2D eigenvalue weighted by Gasteiger charge is 2.30. The maximum atomic E-state index is 12.6. The summed E-state index contributed by atoms with van der Waals surface area (Å²) in [5, 5.41) is 3.01. The van der Waals surface area contributed by atoms with E-state index in [9.17, 15) is 4.79 Å². The van der Waals surface area contributed by atoms with Gasteiger partial charge in [-0.05, 0) is 55.5 Å². The van der Waals surface area contributed by atoms with Gasteiger partial charge < -0.3 is 29.3 Å². The molecule has 0 saturated carbocycles. The molecule has 2 aromatic rings. The lowest BCUT2D eigenvalue weighted by Gasteiger charge is -2.32. The van der Waals surface area contributed by atoms with E-state index in [1.165, 1.54) is 9.80 Å². The van der Waals surface area contributed by atoms with Crippen molar-refractivity contribution in [1.29, 1.82) is 0 Å². The number of carbonyl (C=O) groups excluding carboxylic acids is 1. The van der Waals surface area contributed by atoms with Crippen LogP contribution in [0.1, 0.15) is 6.92 Å². The molecule has 3 rings (SSSR count). The van der Waals surface area contributed by atoms with Crippen molar-refractivity contribution in [3.63, 3.8) is 0 Å². The first-order valence-corrected chi connectivity index (χ1v) is 10.5. The fraction of sp³-hybridized carbons (Fsp3) is 0.435. The lowest BCUT2D eigenvalue weighted by Crippen LogP contribution is -3.30. The Bertz CT molecular complexity index is 787. The number of hydrogen-bond donors (Lipinski definition) is 3. The van der Waals surface area contributed by atoms with Gasteiger partial charge in [-0.25, -0.2) is 0 Å². The molecule has 1 amide bonds. The zero-order valence-electron chi connectivity index (χ0n) is 18.1. The van der Waals surface area contributed by atoms with Gasteiger partial charge in [0.25, 0.3) is 5.91 Å². The van der Waals surface area contributed by atoms with Crippen LogP contribution in [0.2, 0.25) is 0 Å². The Morgan fingerprint density at radius 1 is 0.900 bits per heavy atom. The van der Waals surface area contributed by atoms with E-state index in [2.05, 4.69) is 5.32 Å². The van der Waals surface area contributed by atoms with Gasteiger partial charge in [-0.1, -0.05) is 0 Å². The minimum atomic E-state index is -0.0794. The third-order valence-electron chi connectivity index (χ3n) is 5.75. The molecule has 1 saturated heterocycles. The van der Waals surface area contributed by atoms with E-state index in [0.29, 0.717) is 6.61 Å². The second-order valence-corrected chi connectivity index (χ2v) is 7.62. The van der Waals surface area contributed by atoms with Crippen molar-refractivity contribution in [2.75, 3.05) is 58.9 Å². The van der Waals surface area contributed by atoms with Crippen LogP contribution in [0.15, 0.2) is 48.5 Å². The number of carbonyl (C=O) groups is 1. The molecule has 1 aliphatic heterocycles. The monoisotopic (exact) mass is 415 g/mol. The van der Waals surface area contributed by atoms with E-state index in [1.807, 2.05) is 55.5 Å². The molecule has 3 N–H and O–H groups in total. The number of anilines is 1. The van der Waals surface area contributed by atoms with Crippen molar-refractivity contribution in [1.82, 2.24) is 0 Å². The molecule has 0 spiro atoms. The summed E-state index contributed by atoms with van der Waals surface area (Å²) in [6, 6.07) is 15.0. The standard InChI is InChI=1S/C23H31N3O4/c1-18(23(27)24-19-4-6-20(28-2)7-5-19)26-14-12-25(13-15-26)16-17-30-22-10-8-21(29-3)9-11-22/h4-11,18H,12-17H2,1-3H3,(H,24,27)/p+2/t18-/m0/s1. The zero-order chi connectivity index (χ0) is 21.3. The lowest BCUT2D eigenvalue weighted by molar-refractivity contribution is -1.02. The van der Waals surface area contributed by atoms with Gasteiger partial charge >= 0.3 is 0 Å². The van der Waals surface area contributed by atoms with Crippen LogP contribution in [0.25, 0.3) is 0 Å². The molecule has 0 unspecified atom stereocenters. The highest BCUT2D eigenvalue weighted by molar-refractivity contribution is 5.93. The molecule has 7 heteroatoms. The lowest BCUT2D eigenvalue weighted by atomic mass is 10.2. The zero-order valence-corrected chi connectivity index (χ0v) is 18.1. The Balaban J connectivity index is 1.37. The van der Waals surface area contributed by atoms with Gasteiger partial charge in [0.1, 0.15) is 56.6 Å². The Morgan fingerprint density at radius 3 is 2.00 bits per heavy atom. The second kappa shape index (κ2) is 10.8. The van der Waals surface area contributed by atoms with Crippen molar-refractivity contribution < 1.29 is 28.8 Å². The molecule has 0 aromatic heterocycles. The summed E-state index contributed by atoms with van der Waals surface area (Å²) in [6.45, 7) is 7.70. The quantitative estimate of drug-likeness (QED) is 0.535. The highest BCUT2D eigenvalue weighted by Crippen LogP contribution is 2.16. The molecule has 1 aliphatic rings. The largest absolute Gasteiger partial charge is 0.497 e. The van der Waals surface area contributed by atoms with Crippen LogP contribution in [-0.2, 0) is 4.79 Å². The first-order valence-electron chi connectivity index (χ1n) is 10.5. The number of rotatable bonds is 9. The normalized spacial score (nSPS) is 19.6. The predicted octanol–water partition coefficient (Wildman–Crippen LogP) is -0.107. The maximum absolute atomic E-state index is 12.6. The molecule has 1 atom stereocenters. The summed E-state index contributed by atoms with van der Waals surface area (Å²) in [7, 11) is 3.29. The van der Waals surface area contributed by atoms with Crippen LogP contribution < -0.4 is 29.3 Å². The molecule has 0 aliphatic carbocycles. The maximum Gasteiger partial charge on any atom is 0.282 e. The summed E-state index contributed by atoms with van der Waals surface area (Å²) in [6.07, 6.45) is 0. The Hall–Kier alpha value is -2.77. The molecule has 162 valence electrons. The van der Waals surface area contributed by atoms with Crippen molar-refractivity contribution in [3.05, 3.63) is 48.5 Å². The fourth-order valence-electron chi connectivity index (χ4n) is 3.70. The topological polar surface area (TPSA) is 65.7 Å². The number of quaternary nitrogens is 2. The van der Waals surface area contributed by atoms with Crippen molar-refractivity contribution in [2.45, 2.75) is 13.0 Å². The van der Waals surface area contributed by atoms with E-state index in [1.54, 1.807) is 14.2 Å². The summed E-state index contributed by atoms with van der Waals surface area (Å²) >= 11 is 0. The van der Waals surface area contributed by atoms with Crippen molar-refractivity contribution in [2.24, 2.45) is 0 Å². The van der Waals surface area contributed by atoms with Crippen LogP contribution >= 0.6 is 0 Å². The van der Waals surface area contributed by atoms with Crippen molar-refractivity contribution in [3.8, 4) is 17.2 Å². The van der Waals surface area contributed by atoms with Crippen molar-refractivity contribution >= 4 is 11.6 Å². The number of nitrogens with one attached hydrogen (secondary N) is 3. The second-order valence-electron chi connectivity index (χ2n) is 7.62. The van der Waals surface area contributed by atoms with Crippen LogP contribution in [-0.4, -0.2) is 65.5 Å². The van der Waals surface area contributed by atoms with Crippen LogP contribution in [0.3, 0.4) is 0 Å². The Labute approximate surface area is 178 Å².